The molecule has 4 heterocycles. The molecule has 0 aliphatic carbocycles. The van der Waals surface area contributed by atoms with Gasteiger partial charge in [0, 0.05) is 63.2 Å². The van der Waals surface area contributed by atoms with E-state index in [0.717, 1.165) is 48.8 Å². The second-order valence-electron chi connectivity index (χ2n) is 7.50. The number of nitrogens with zero attached hydrogens (tertiary/aromatic N) is 5. The molecule has 2 aromatic heterocycles. The standard InChI is InChI=1S/C20H26N6O2/c1-25(2)18-10-14(5-7-21-18)19(27)23-16-4-3-8-26(12-16)20-22-11-15-13-28-9-6-17(15)24-20/h5,7,10-11,16H,3-4,6,8-9,12-13H2,1-2H3,(H,23,27)/t16-/m1/s1. The van der Waals surface area contributed by atoms with Gasteiger partial charge in [0.2, 0.25) is 5.95 Å². The lowest BCUT2D eigenvalue weighted by Crippen LogP contribution is -2.48. The van der Waals surface area contributed by atoms with E-state index >= 15 is 0 Å². The summed E-state index contributed by atoms with van der Waals surface area (Å²) in [5.74, 6) is 1.45. The fourth-order valence-corrected chi connectivity index (χ4v) is 3.62. The first-order valence-electron chi connectivity index (χ1n) is 9.72. The molecule has 1 fully saturated rings. The number of ether oxygens (including phenoxy) is 1. The first-order chi connectivity index (χ1) is 13.6. The van der Waals surface area contributed by atoms with Crippen LogP contribution >= 0.6 is 0 Å². The summed E-state index contributed by atoms with van der Waals surface area (Å²) in [6.07, 6.45) is 6.32. The van der Waals surface area contributed by atoms with Crippen LogP contribution < -0.4 is 15.1 Å². The Morgan fingerprint density at radius 3 is 3.11 bits per heavy atom. The number of pyridine rings is 1. The van der Waals surface area contributed by atoms with Crippen LogP contribution in [-0.4, -0.2) is 60.7 Å². The highest BCUT2D eigenvalue weighted by Gasteiger charge is 2.25. The van der Waals surface area contributed by atoms with Gasteiger partial charge in [0.25, 0.3) is 5.91 Å². The molecule has 2 aromatic rings. The lowest BCUT2D eigenvalue weighted by atomic mass is 10.1. The van der Waals surface area contributed by atoms with Gasteiger partial charge in [0.15, 0.2) is 0 Å². The Bertz CT molecular complexity index is 856. The zero-order valence-corrected chi connectivity index (χ0v) is 16.4. The van der Waals surface area contributed by atoms with Crippen molar-refractivity contribution in [3.8, 4) is 0 Å². The van der Waals surface area contributed by atoms with Crippen molar-refractivity contribution in [1.29, 1.82) is 0 Å². The van der Waals surface area contributed by atoms with Crippen LogP contribution in [0.15, 0.2) is 24.5 Å². The van der Waals surface area contributed by atoms with Gasteiger partial charge in [0.1, 0.15) is 5.82 Å². The summed E-state index contributed by atoms with van der Waals surface area (Å²) in [5.41, 5.74) is 2.78. The van der Waals surface area contributed by atoms with E-state index in [9.17, 15) is 4.79 Å². The zero-order valence-electron chi connectivity index (χ0n) is 16.4. The van der Waals surface area contributed by atoms with E-state index in [1.807, 2.05) is 31.3 Å². The van der Waals surface area contributed by atoms with Crippen LogP contribution in [0.5, 0.6) is 0 Å². The number of hydrogen-bond donors (Lipinski definition) is 1. The quantitative estimate of drug-likeness (QED) is 0.856. The molecule has 1 N–H and O–H groups in total. The summed E-state index contributed by atoms with van der Waals surface area (Å²) in [6, 6.07) is 3.63. The van der Waals surface area contributed by atoms with Gasteiger partial charge in [-0.1, -0.05) is 0 Å². The van der Waals surface area contributed by atoms with Gasteiger partial charge >= 0.3 is 0 Å². The molecule has 0 unspecified atom stereocenters. The molecule has 148 valence electrons. The number of carbonyl (C=O) groups excluding carboxylic acids is 1. The summed E-state index contributed by atoms with van der Waals surface area (Å²) < 4.78 is 5.46. The van der Waals surface area contributed by atoms with Crippen LogP contribution in [-0.2, 0) is 17.8 Å². The third-order valence-electron chi connectivity index (χ3n) is 5.19. The molecule has 0 radical (unpaired) electrons. The van der Waals surface area contributed by atoms with E-state index in [4.69, 9.17) is 9.72 Å². The molecule has 4 rings (SSSR count). The molecule has 2 aliphatic rings. The van der Waals surface area contributed by atoms with E-state index in [-0.39, 0.29) is 11.9 Å². The third kappa shape index (κ3) is 4.06. The summed E-state index contributed by atoms with van der Waals surface area (Å²) >= 11 is 0. The maximum Gasteiger partial charge on any atom is 0.251 e. The van der Waals surface area contributed by atoms with Gasteiger partial charge < -0.3 is 19.9 Å². The molecule has 0 saturated carbocycles. The van der Waals surface area contributed by atoms with Crippen LogP contribution in [0.25, 0.3) is 0 Å². The van der Waals surface area contributed by atoms with Gasteiger partial charge in [-0.15, -0.1) is 0 Å². The van der Waals surface area contributed by atoms with Crippen LogP contribution in [0.2, 0.25) is 0 Å². The molecule has 0 spiro atoms. The van der Waals surface area contributed by atoms with Crippen molar-refractivity contribution in [3.63, 3.8) is 0 Å². The number of rotatable bonds is 4. The predicted molar refractivity (Wildman–Crippen MR) is 107 cm³/mol. The minimum atomic E-state index is -0.0686. The number of nitrogens with one attached hydrogen (secondary N) is 1. The third-order valence-corrected chi connectivity index (χ3v) is 5.19. The van der Waals surface area contributed by atoms with Crippen molar-refractivity contribution in [2.75, 3.05) is 43.6 Å². The highest BCUT2D eigenvalue weighted by Crippen LogP contribution is 2.20. The molecule has 1 saturated heterocycles. The maximum absolute atomic E-state index is 12.7. The van der Waals surface area contributed by atoms with Crippen LogP contribution in [0.3, 0.4) is 0 Å². The van der Waals surface area contributed by atoms with Crippen molar-refractivity contribution < 1.29 is 9.53 Å². The summed E-state index contributed by atoms with van der Waals surface area (Å²) in [4.78, 5) is 30.3. The largest absolute Gasteiger partial charge is 0.376 e. The highest BCUT2D eigenvalue weighted by atomic mass is 16.5. The van der Waals surface area contributed by atoms with Gasteiger partial charge in [-0.25, -0.2) is 15.0 Å². The monoisotopic (exact) mass is 382 g/mol. The molecule has 8 heteroatoms. The van der Waals surface area contributed by atoms with Gasteiger partial charge in [-0.3, -0.25) is 4.79 Å². The Morgan fingerprint density at radius 2 is 2.25 bits per heavy atom. The fraction of sp³-hybridized carbons (Fsp3) is 0.500. The fourth-order valence-electron chi connectivity index (χ4n) is 3.62. The Labute approximate surface area is 164 Å². The van der Waals surface area contributed by atoms with E-state index < -0.39 is 0 Å². The minimum Gasteiger partial charge on any atom is -0.376 e. The van der Waals surface area contributed by atoms with Gasteiger partial charge in [-0.2, -0.15) is 0 Å². The second-order valence-corrected chi connectivity index (χ2v) is 7.50. The number of piperidine rings is 1. The van der Waals surface area contributed by atoms with Crippen LogP contribution in [0, 0.1) is 0 Å². The van der Waals surface area contributed by atoms with Crippen molar-refractivity contribution in [2.45, 2.75) is 31.9 Å². The topological polar surface area (TPSA) is 83.5 Å². The zero-order chi connectivity index (χ0) is 19.5. The Hall–Kier alpha value is -2.74. The highest BCUT2D eigenvalue weighted by molar-refractivity contribution is 5.95. The van der Waals surface area contributed by atoms with Crippen molar-refractivity contribution in [3.05, 3.63) is 41.3 Å². The molecule has 28 heavy (non-hydrogen) atoms. The normalized spacial score (nSPS) is 19.1. The summed E-state index contributed by atoms with van der Waals surface area (Å²) in [6.45, 7) is 2.92. The maximum atomic E-state index is 12.7. The number of hydrogen-bond acceptors (Lipinski definition) is 7. The van der Waals surface area contributed by atoms with E-state index in [0.29, 0.717) is 25.3 Å². The lowest BCUT2D eigenvalue weighted by Gasteiger charge is -2.33. The number of aromatic nitrogens is 3. The summed E-state index contributed by atoms with van der Waals surface area (Å²) in [7, 11) is 3.82. The van der Waals surface area contributed by atoms with E-state index in [2.05, 4.69) is 20.2 Å². The number of amides is 1. The first-order valence-corrected chi connectivity index (χ1v) is 9.72. The molecule has 0 bridgehead atoms. The molecule has 0 aromatic carbocycles. The number of anilines is 2. The molecular formula is C20H26N6O2. The minimum absolute atomic E-state index is 0.0686. The Morgan fingerprint density at radius 1 is 1.36 bits per heavy atom. The van der Waals surface area contributed by atoms with Crippen LogP contribution in [0.4, 0.5) is 11.8 Å². The second kappa shape index (κ2) is 8.10. The molecular weight excluding hydrogens is 356 g/mol. The van der Waals surface area contributed by atoms with Crippen molar-refractivity contribution >= 4 is 17.7 Å². The van der Waals surface area contributed by atoms with Gasteiger partial charge in [0.05, 0.1) is 18.9 Å². The van der Waals surface area contributed by atoms with E-state index in [1.165, 1.54) is 0 Å². The Balaban J connectivity index is 1.42. The average Bonchev–Trinajstić information content (AvgIpc) is 2.73. The van der Waals surface area contributed by atoms with Crippen molar-refractivity contribution in [1.82, 2.24) is 20.3 Å². The molecule has 8 nitrogen and oxygen atoms in total. The summed E-state index contributed by atoms with van der Waals surface area (Å²) in [5, 5.41) is 3.16. The lowest BCUT2D eigenvalue weighted by molar-refractivity contribution is 0.0932. The SMILES string of the molecule is CN(C)c1cc(C(=O)N[C@@H]2CCCN(c3ncc4c(n3)CCOC4)C2)ccn1. The average molecular weight is 382 g/mol. The Kier molecular flexibility index (Phi) is 5.38. The molecule has 2 aliphatic heterocycles. The first kappa shape index (κ1) is 18.6. The number of carbonyl (C=O) groups is 1. The predicted octanol–water partition coefficient (Wildman–Crippen LogP) is 1.41. The number of fused-ring (bicyclic) bond motifs is 1. The van der Waals surface area contributed by atoms with Crippen molar-refractivity contribution in [2.24, 2.45) is 0 Å². The molecule has 1 amide bonds. The smallest absolute Gasteiger partial charge is 0.251 e. The van der Waals surface area contributed by atoms with Gasteiger partial charge in [-0.05, 0) is 25.0 Å². The van der Waals surface area contributed by atoms with E-state index in [1.54, 1.807) is 12.3 Å². The molecule has 1 atom stereocenters. The van der Waals surface area contributed by atoms with Crippen LogP contribution in [0.1, 0.15) is 34.5 Å².